The van der Waals surface area contributed by atoms with Gasteiger partial charge in [-0.1, -0.05) is 24.3 Å². The number of nitrogens with one attached hydrogen (secondary N) is 2. The molecule has 6 heteroatoms. The van der Waals surface area contributed by atoms with E-state index in [2.05, 4.69) is 39.0 Å². The quantitative estimate of drug-likeness (QED) is 0.798. The molecular weight excluding hydrogens is 306 g/mol. The van der Waals surface area contributed by atoms with Crippen molar-refractivity contribution in [3.63, 3.8) is 0 Å². The summed E-state index contributed by atoms with van der Waals surface area (Å²) < 4.78 is 6.66. The van der Waals surface area contributed by atoms with Crippen molar-refractivity contribution >= 4 is 12.0 Å². The lowest BCUT2D eigenvalue weighted by Crippen LogP contribution is -2.44. The molecule has 0 unspecified atom stereocenters. The van der Waals surface area contributed by atoms with Gasteiger partial charge in [0.05, 0.1) is 13.7 Å². The number of hydrogen-bond acceptors (Lipinski definition) is 3. The average molecular weight is 329 g/mol. The summed E-state index contributed by atoms with van der Waals surface area (Å²) in [6.45, 7) is 4.78. The number of esters is 1. The SMILES string of the molecule is COC(=O)[C@H](C)NC(=O)NCc1cccn1Cc1ccccc1C. The van der Waals surface area contributed by atoms with Crippen LogP contribution in [0.1, 0.15) is 23.7 Å². The van der Waals surface area contributed by atoms with Gasteiger partial charge in [-0.3, -0.25) is 0 Å². The Labute approximate surface area is 141 Å². The molecule has 2 rings (SSSR count). The standard InChI is InChI=1S/C18H23N3O3/c1-13-7-4-5-8-15(13)12-21-10-6-9-16(21)11-19-18(23)20-14(2)17(22)24-3/h4-10,14H,11-12H2,1-3H3,(H2,19,20,23)/t14-/m0/s1. The summed E-state index contributed by atoms with van der Waals surface area (Å²) in [5.74, 6) is -0.479. The molecule has 1 aromatic carbocycles. The van der Waals surface area contributed by atoms with Gasteiger partial charge < -0.3 is 19.9 Å². The minimum Gasteiger partial charge on any atom is -0.467 e. The summed E-state index contributed by atoms with van der Waals surface area (Å²) >= 11 is 0. The largest absolute Gasteiger partial charge is 0.467 e. The van der Waals surface area contributed by atoms with Gasteiger partial charge in [-0.05, 0) is 37.1 Å². The van der Waals surface area contributed by atoms with Crippen molar-refractivity contribution in [1.82, 2.24) is 15.2 Å². The fraction of sp³-hybridized carbons (Fsp3) is 0.333. The van der Waals surface area contributed by atoms with Crippen molar-refractivity contribution in [2.24, 2.45) is 0 Å². The third kappa shape index (κ3) is 4.62. The fourth-order valence-corrected chi connectivity index (χ4v) is 2.39. The van der Waals surface area contributed by atoms with Gasteiger partial charge >= 0.3 is 12.0 Å². The van der Waals surface area contributed by atoms with Crippen molar-refractivity contribution in [3.8, 4) is 0 Å². The van der Waals surface area contributed by atoms with Crippen LogP contribution in [-0.4, -0.2) is 29.7 Å². The number of aromatic nitrogens is 1. The zero-order valence-corrected chi connectivity index (χ0v) is 14.2. The highest BCUT2D eigenvalue weighted by molar-refractivity contribution is 5.83. The van der Waals surface area contributed by atoms with Crippen LogP contribution >= 0.6 is 0 Å². The number of amides is 2. The Morgan fingerprint density at radius 1 is 1.21 bits per heavy atom. The van der Waals surface area contributed by atoms with Gasteiger partial charge in [0, 0.05) is 18.4 Å². The second-order valence-electron chi connectivity index (χ2n) is 5.63. The minimum absolute atomic E-state index is 0.374. The van der Waals surface area contributed by atoms with E-state index in [0.29, 0.717) is 6.54 Å². The predicted molar refractivity (Wildman–Crippen MR) is 91.6 cm³/mol. The highest BCUT2D eigenvalue weighted by Gasteiger charge is 2.15. The van der Waals surface area contributed by atoms with E-state index in [0.717, 1.165) is 12.2 Å². The second-order valence-corrected chi connectivity index (χ2v) is 5.63. The molecule has 2 N–H and O–H groups in total. The first-order valence-electron chi connectivity index (χ1n) is 7.82. The van der Waals surface area contributed by atoms with Crippen LogP contribution in [0.15, 0.2) is 42.6 Å². The van der Waals surface area contributed by atoms with Gasteiger partial charge in [0.1, 0.15) is 6.04 Å². The Balaban J connectivity index is 1.93. The van der Waals surface area contributed by atoms with Crippen LogP contribution in [0.3, 0.4) is 0 Å². The highest BCUT2D eigenvalue weighted by Crippen LogP contribution is 2.11. The van der Waals surface area contributed by atoms with Gasteiger partial charge in [0.25, 0.3) is 0 Å². The lowest BCUT2D eigenvalue weighted by molar-refractivity contribution is -0.142. The minimum atomic E-state index is -0.686. The Hall–Kier alpha value is -2.76. The smallest absolute Gasteiger partial charge is 0.328 e. The Kier molecular flexibility index (Phi) is 6.01. The fourth-order valence-electron chi connectivity index (χ4n) is 2.39. The van der Waals surface area contributed by atoms with Crippen LogP contribution < -0.4 is 10.6 Å². The molecule has 1 heterocycles. The van der Waals surface area contributed by atoms with Crippen LogP contribution in [0.25, 0.3) is 0 Å². The monoisotopic (exact) mass is 329 g/mol. The number of benzene rings is 1. The molecule has 0 radical (unpaired) electrons. The molecule has 6 nitrogen and oxygen atoms in total. The maximum absolute atomic E-state index is 11.9. The molecule has 2 aromatic rings. The molecule has 0 saturated heterocycles. The second kappa shape index (κ2) is 8.19. The maximum atomic E-state index is 11.9. The van der Waals surface area contributed by atoms with Crippen LogP contribution in [0, 0.1) is 6.92 Å². The zero-order valence-electron chi connectivity index (χ0n) is 14.2. The van der Waals surface area contributed by atoms with E-state index in [4.69, 9.17) is 0 Å². The topological polar surface area (TPSA) is 72.4 Å². The van der Waals surface area contributed by atoms with E-state index >= 15 is 0 Å². The third-order valence-electron chi connectivity index (χ3n) is 3.86. The van der Waals surface area contributed by atoms with Crippen molar-refractivity contribution in [2.45, 2.75) is 33.0 Å². The van der Waals surface area contributed by atoms with E-state index in [1.807, 2.05) is 30.5 Å². The molecule has 2 amide bonds. The number of carbonyl (C=O) groups is 2. The number of urea groups is 1. The van der Waals surface area contributed by atoms with Crippen molar-refractivity contribution in [3.05, 3.63) is 59.4 Å². The number of nitrogens with zero attached hydrogens (tertiary/aromatic N) is 1. The molecule has 0 fully saturated rings. The zero-order chi connectivity index (χ0) is 17.5. The lowest BCUT2D eigenvalue weighted by Gasteiger charge is -2.14. The summed E-state index contributed by atoms with van der Waals surface area (Å²) in [4.78, 5) is 23.2. The molecule has 128 valence electrons. The van der Waals surface area contributed by atoms with Crippen molar-refractivity contribution in [2.75, 3.05) is 7.11 Å². The number of rotatable bonds is 6. The third-order valence-corrected chi connectivity index (χ3v) is 3.86. The van der Waals surface area contributed by atoms with E-state index in [9.17, 15) is 9.59 Å². The summed E-state index contributed by atoms with van der Waals surface area (Å²) in [7, 11) is 1.29. The molecule has 0 aliphatic heterocycles. The van der Waals surface area contributed by atoms with Crippen molar-refractivity contribution < 1.29 is 14.3 Å². The van der Waals surface area contributed by atoms with Gasteiger partial charge in [0.2, 0.25) is 0 Å². The Bertz CT molecular complexity index is 709. The van der Waals surface area contributed by atoms with Gasteiger partial charge in [-0.2, -0.15) is 0 Å². The van der Waals surface area contributed by atoms with Crippen LogP contribution in [-0.2, 0) is 22.6 Å². The number of hydrogen-bond donors (Lipinski definition) is 2. The highest BCUT2D eigenvalue weighted by atomic mass is 16.5. The molecular formula is C18H23N3O3. The number of methoxy groups -OCH3 is 1. The van der Waals surface area contributed by atoms with Crippen LogP contribution in [0.2, 0.25) is 0 Å². The van der Waals surface area contributed by atoms with Gasteiger partial charge in [0.15, 0.2) is 0 Å². The Morgan fingerprint density at radius 3 is 2.67 bits per heavy atom. The summed E-state index contributed by atoms with van der Waals surface area (Å²) in [5, 5.41) is 5.29. The van der Waals surface area contributed by atoms with E-state index < -0.39 is 18.0 Å². The lowest BCUT2D eigenvalue weighted by atomic mass is 10.1. The molecule has 0 aliphatic carbocycles. The molecule has 0 spiro atoms. The predicted octanol–water partition coefficient (Wildman–Crippen LogP) is 2.21. The molecule has 24 heavy (non-hydrogen) atoms. The first-order chi connectivity index (χ1) is 11.5. The molecule has 1 atom stereocenters. The van der Waals surface area contributed by atoms with Crippen LogP contribution in [0.5, 0.6) is 0 Å². The van der Waals surface area contributed by atoms with Gasteiger partial charge in [-0.15, -0.1) is 0 Å². The van der Waals surface area contributed by atoms with E-state index in [1.54, 1.807) is 6.92 Å². The first-order valence-corrected chi connectivity index (χ1v) is 7.82. The maximum Gasteiger partial charge on any atom is 0.328 e. The van der Waals surface area contributed by atoms with Crippen LogP contribution in [0.4, 0.5) is 4.79 Å². The van der Waals surface area contributed by atoms with E-state index in [1.165, 1.54) is 18.2 Å². The summed E-state index contributed by atoms with van der Waals surface area (Å²) in [6, 6.07) is 11.0. The van der Waals surface area contributed by atoms with Gasteiger partial charge in [-0.25, -0.2) is 9.59 Å². The van der Waals surface area contributed by atoms with E-state index in [-0.39, 0.29) is 0 Å². The molecule has 0 bridgehead atoms. The molecule has 1 aromatic heterocycles. The summed E-state index contributed by atoms with van der Waals surface area (Å²) in [6.07, 6.45) is 1.98. The van der Waals surface area contributed by atoms with Crippen molar-refractivity contribution in [1.29, 1.82) is 0 Å². The molecule has 0 saturated carbocycles. The normalized spacial score (nSPS) is 11.6. The number of carbonyl (C=O) groups excluding carboxylic acids is 2. The number of ether oxygens (including phenoxy) is 1. The molecule has 0 aliphatic rings. The number of aryl methyl sites for hydroxylation is 1. The Morgan fingerprint density at radius 2 is 1.96 bits per heavy atom. The summed E-state index contributed by atoms with van der Waals surface area (Å²) in [5.41, 5.74) is 3.45. The first kappa shape index (κ1) is 17.6. The average Bonchev–Trinajstić information content (AvgIpc) is 3.01.